The standard InChI is InChI=1S/C7H5I2NO3/c8-4-1-2-5(7(9)11)6(3-4)10(12)13/h1-3,7,11H. The van der Waals surface area contributed by atoms with Gasteiger partial charge >= 0.3 is 0 Å². The Kier molecular flexibility index (Phi) is 3.86. The second-order valence-electron chi connectivity index (χ2n) is 2.30. The van der Waals surface area contributed by atoms with Crippen molar-refractivity contribution >= 4 is 50.9 Å². The zero-order valence-corrected chi connectivity index (χ0v) is 10.6. The SMILES string of the molecule is O=[N+]([O-])c1cc(I)ccc1C(O)I. The number of hydrogen-bond acceptors (Lipinski definition) is 3. The van der Waals surface area contributed by atoms with Crippen LogP contribution in [0.1, 0.15) is 9.67 Å². The van der Waals surface area contributed by atoms with E-state index < -0.39 is 9.03 Å². The Morgan fingerprint density at radius 2 is 2.15 bits per heavy atom. The Morgan fingerprint density at radius 1 is 1.54 bits per heavy atom. The molecule has 0 aliphatic rings. The molecule has 1 N–H and O–H groups in total. The van der Waals surface area contributed by atoms with Gasteiger partial charge in [0.15, 0.2) is 0 Å². The fourth-order valence-electron chi connectivity index (χ4n) is 0.876. The summed E-state index contributed by atoms with van der Waals surface area (Å²) in [5.74, 6) is 0. The third kappa shape index (κ3) is 2.74. The van der Waals surface area contributed by atoms with Gasteiger partial charge in [0.25, 0.3) is 5.69 Å². The molecule has 0 saturated heterocycles. The first-order chi connectivity index (χ1) is 6.02. The van der Waals surface area contributed by atoms with Crippen LogP contribution in [0.2, 0.25) is 0 Å². The van der Waals surface area contributed by atoms with Gasteiger partial charge in [-0.2, -0.15) is 0 Å². The minimum Gasteiger partial charge on any atom is -0.378 e. The van der Waals surface area contributed by atoms with Gasteiger partial charge in [-0.25, -0.2) is 0 Å². The van der Waals surface area contributed by atoms with Crippen molar-refractivity contribution in [3.05, 3.63) is 37.4 Å². The topological polar surface area (TPSA) is 63.4 Å². The van der Waals surface area contributed by atoms with E-state index in [-0.39, 0.29) is 5.69 Å². The van der Waals surface area contributed by atoms with E-state index in [0.717, 1.165) is 3.57 Å². The van der Waals surface area contributed by atoms with E-state index in [2.05, 4.69) is 0 Å². The Balaban J connectivity index is 3.27. The van der Waals surface area contributed by atoms with Crippen LogP contribution in [-0.2, 0) is 0 Å². The number of halogens is 2. The number of alkyl halides is 1. The van der Waals surface area contributed by atoms with E-state index in [1.165, 1.54) is 6.07 Å². The molecular weight excluding hydrogens is 400 g/mol. The van der Waals surface area contributed by atoms with Crippen LogP contribution in [0.25, 0.3) is 0 Å². The van der Waals surface area contributed by atoms with Gasteiger partial charge in [0, 0.05) is 9.64 Å². The van der Waals surface area contributed by atoms with E-state index in [9.17, 15) is 15.2 Å². The summed E-state index contributed by atoms with van der Waals surface area (Å²) in [6.45, 7) is 0. The minimum atomic E-state index is -0.838. The normalized spacial score (nSPS) is 12.5. The molecule has 6 heteroatoms. The van der Waals surface area contributed by atoms with Crippen LogP contribution in [0.5, 0.6) is 0 Å². The first-order valence-electron chi connectivity index (χ1n) is 3.28. The van der Waals surface area contributed by atoms with Gasteiger partial charge in [-0.15, -0.1) is 0 Å². The second kappa shape index (κ2) is 4.51. The van der Waals surface area contributed by atoms with Crippen molar-refractivity contribution in [2.75, 3.05) is 0 Å². The van der Waals surface area contributed by atoms with Crippen LogP contribution in [0, 0.1) is 13.7 Å². The molecule has 1 aromatic rings. The Morgan fingerprint density at radius 3 is 2.62 bits per heavy atom. The van der Waals surface area contributed by atoms with Crippen molar-refractivity contribution in [1.82, 2.24) is 0 Å². The quantitative estimate of drug-likeness (QED) is 0.356. The third-order valence-electron chi connectivity index (χ3n) is 1.45. The predicted molar refractivity (Wildman–Crippen MR) is 64.8 cm³/mol. The Labute approximate surface area is 102 Å². The maximum atomic E-state index is 10.6. The summed E-state index contributed by atoms with van der Waals surface area (Å²) in [6.07, 6.45) is 0. The number of aliphatic hydroxyl groups is 1. The number of nitro groups is 1. The molecule has 0 aliphatic carbocycles. The van der Waals surface area contributed by atoms with E-state index in [1.54, 1.807) is 34.7 Å². The lowest BCUT2D eigenvalue weighted by Gasteiger charge is -2.03. The summed E-state index contributed by atoms with van der Waals surface area (Å²) in [5.41, 5.74) is 0.305. The third-order valence-corrected chi connectivity index (χ3v) is 2.79. The average molecular weight is 405 g/mol. The largest absolute Gasteiger partial charge is 0.378 e. The van der Waals surface area contributed by atoms with Crippen LogP contribution in [-0.4, -0.2) is 10.0 Å². The highest BCUT2D eigenvalue weighted by Gasteiger charge is 2.18. The van der Waals surface area contributed by atoms with Crippen LogP contribution in [0.3, 0.4) is 0 Å². The predicted octanol–water partition coefficient (Wildman–Crippen LogP) is 2.63. The molecule has 0 heterocycles. The van der Waals surface area contributed by atoms with Crippen molar-refractivity contribution in [2.24, 2.45) is 0 Å². The average Bonchev–Trinajstić information content (AvgIpc) is 2.03. The number of aliphatic hydroxyl groups excluding tert-OH is 1. The number of hydrogen-bond donors (Lipinski definition) is 1. The van der Waals surface area contributed by atoms with Crippen LogP contribution in [0.4, 0.5) is 5.69 Å². The van der Waals surface area contributed by atoms with Crippen molar-refractivity contribution in [2.45, 2.75) is 4.11 Å². The van der Waals surface area contributed by atoms with Crippen LogP contribution < -0.4 is 0 Å². The zero-order chi connectivity index (χ0) is 10.0. The molecule has 0 bridgehead atoms. The highest BCUT2D eigenvalue weighted by atomic mass is 127. The molecule has 0 fully saturated rings. The van der Waals surface area contributed by atoms with Gasteiger partial charge in [-0.05, 0) is 57.3 Å². The van der Waals surface area contributed by atoms with E-state index in [0.29, 0.717) is 5.56 Å². The molecule has 1 atom stereocenters. The fourth-order valence-corrected chi connectivity index (χ4v) is 1.88. The molecule has 1 aromatic carbocycles. The number of nitro benzene ring substituents is 1. The van der Waals surface area contributed by atoms with Crippen LogP contribution in [0.15, 0.2) is 18.2 Å². The molecule has 13 heavy (non-hydrogen) atoms. The molecule has 70 valence electrons. The summed E-state index contributed by atoms with van der Waals surface area (Å²) < 4.78 is -0.0555. The molecule has 0 aromatic heterocycles. The smallest absolute Gasteiger partial charge is 0.277 e. The number of benzene rings is 1. The van der Waals surface area contributed by atoms with E-state index in [4.69, 9.17) is 0 Å². The first kappa shape index (κ1) is 11.1. The van der Waals surface area contributed by atoms with Gasteiger partial charge in [-0.1, -0.05) is 0 Å². The lowest BCUT2D eigenvalue weighted by atomic mass is 10.2. The van der Waals surface area contributed by atoms with Gasteiger partial charge in [-0.3, -0.25) is 10.1 Å². The maximum absolute atomic E-state index is 10.6. The highest BCUT2D eigenvalue weighted by Crippen LogP contribution is 2.30. The number of nitrogens with zero attached hydrogens (tertiary/aromatic N) is 1. The monoisotopic (exact) mass is 405 g/mol. The summed E-state index contributed by atoms with van der Waals surface area (Å²) in [4.78, 5) is 10.1. The Bertz CT molecular complexity index is 341. The lowest BCUT2D eigenvalue weighted by molar-refractivity contribution is -0.385. The van der Waals surface area contributed by atoms with Gasteiger partial charge < -0.3 is 5.11 Å². The van der Waals surface area contributed by atoms with E-state index >= 15 is 0 Å². The maximum Gasteiger partial charge on any atom is 0.277 e. The molecule has 1 unspecified atom stereocenters. The van der Waals surface area contributed by atoms with Gasteiger partial charge in [0.1, 0.15) is 4.11 Å². The first-order valence-corrected chi connectivity index (χ1v) is 5.61. The van der Waals surface area contributed by atoms with Gasteiger partial charge in [0.2, 0.25) is 0 Å². The van der Waals surface area contributed by atoms with E-state index in [1.807, 2.05) is 22.6 Å². The molecule has 0 amide bonds. The summed E-state index contributed by atoms with van der Waals surface area (Å²) in [6, 6.07) is 4.74. The van der Waals surface area contributed by atoms with Crippen molar-refractivity contribution in [3.8, 4) is 0 Å². The molecule has 0 aliphatic heterocycles. The van der Waals surface area contributed by atoms with Gasteiger partial charge in [0.05, 0.1) is 10.5 Å². The van der Waals surface area contributed by atoms with Crippen molar-refractivity contribution < 1.29 is 10.0 Å². The number of rotatable bonds is 2. The fraction of sp³-hybridized carbons (Fsp3) is 0.143. The zero-order valence-electron chi connectivity index (χ0n) is 6.28. The second-order valence-corrected chi connectivity index (χ2v) is 4.72. The summed E-state index contributed by atoms with van der Waals surface area (Å²) in [5, 5.41) is 19.8. The minimum absolute atomic E-state index is 0.0335. The van der Waals surface area contributed by atoms with Crippen LogP contribution >= 0.6 is 45.2 Å². The molecular formula is C7H5I2NO3. The summed E-state index contributed by atoms with van der Waals surface area (Å²) in [7, 11) is 0. The molecule has 1 rings (SSSR count). The molecule has 0 saturated carbocycles. The Hall–Kier alpha value is 0.0400. The summed E-state index contributed by atoms with van der Waals surface area (Å²) >= 11 is 3.72. The molecule has 0 spiro atoms. The highest BCUT2D eigenvalue weighted by molar-refractivity contribution is 14.1. The van der Waals surface area contributed by atoms with Crippen molar-refractivity contribution in [3.63, 3.8) is 0 Å². The molecule has 4 nitrogen and oxygen atoms in total. The molecule has 0 radical (unpaired) electrons. The lowest BCUT2D eigenvalue weighted by Crippen LogP contribution is -1.97. The van der Waals surface area contributed by atoms with Crippen molar-refractivity contribution in [1.29, 1.82) is 0 Å².